The molecule has 0 aliphatic heterocycles. The second kappa shape index (κ2) is 15.0. The smallest absolute Gasteiger partial charge is 0.252 e. The monoisotopic (exact) mass is 596 g/mol. The number of terminal acetylenes is 1. The number of amides is 2. The number of rotatable bonds is 14. The lowest BCUT2D eigenvalue weighted by molar-refractivity contribution is -0.148. The first-order valence-corrected chi connectivity index (χ1v) is 15.3. The third kappa shape index (κ3) is 8.90. The van der Waals surface area contributed by atoms with Crippen LogP contribution < -0.4 is 5.43 Å². The minimum absolute atomic E-state index is 0.00257. The Morgan fingerprint density at radius 1 is 1.07 bits per heavy atom. The van der Waals surface area contributed by atoms with E-state index in [0.29, 0.717) is 11.0 Å². The molecule has 3 rings (SSSR count). The molecule has 0 aliphatic rings. The predicted octanol–water partition coefficient (Wildman–Crippen LogP) is 2.89. The second-order valence-electron chi connectivity index (χ2n) is 10.9. The molecule has 11 heteroatoms. The molecular weight excluding hydrogens is 556 g/mol. The number of benzene rings is 2. The van der Waals surface area contributed by atoms with Crippen molar-refractivity contribution in [1.29, 1.82) is 0 Å². The van der Waals surface area contributed by atoms with Gasteiger partial charge in [-0.3, -0.25) is 15.0 Å². The molecule has 42 heavy (non-hydrogen) atoms. The molecule has 1 unspecified atom stereocenters. The first-order chi connectivity index (χ1) is 19.9. The molecule has 2 amide bonds. The number of hydrazine groups is 1. The van der Waals surface area contributed by atoms with Crippen LogP contribution in [0.3, 0.4) is 0 Å². The fourth-order valence-corrected chi connectivity index (χ4v) is 6.26. The van der Waals surface area contributed by atoms with E-state index >= 15 is 0 Å². The average Bonchev–Trinajstić information content (AvgIpc) is 3.41. The Morgan fingerprint density at radius 3 is 2.43 bits per heavy atom. The molecule has 0 aliphatic carbocycles. The minimum atomic E-state index is -4.06. The van der Waals surface area contributed by atoms with Crippen molar-refractivity contribution in [3.05, 3.63) is 66.4 Å². The number of aliphatic hydroxyl groups is 1. The van der Waals surface area contributed by atoms with Gasteiger partial charge in [0.05, 0.1) is 29.8 Å². The van der Waals surface area contributed by atoms with Gasteiger partial charge in [0, 0.05) is 31.3 Å². The highest BCUT2D eigenvalue weighted by Crippen LogP contribution is 2.25. The van der Waals surface area contributed by atoms with Crippen molar-refractivity contribution in [2.24, 2.45) is 5.92 Å². The van der Waals surface area contributed by atoms with E-state index in [0.717, 1.165) is 10.6 Å². The molecule has 0 saturated carbocycles. The molecule has 226 valence electrons. The number of likely N-dealkylation sites (N-methyl/N-ethyl adjacent to an activating group) is 1. The molecule has 10 nitrogen and oxygen atoms in total. The second-order valence-corrected chi connectivity index (χ2v) is 12.8. The maximum atomic E-state index is 13.9. The summed E-state index contributed by atoms with van der Waals surface area (Å²) in [6, 6.07) is 14.5. The van der Waals surface area contributed by atoms with Crippen LogP contribution in [-0.4, -0.2) is 85.4 Å². The zero-order valence-corrected chi connectivity index (χ0v) is 25.4. The highest BCUT2D eigenvalue weighted by molar-refractivity contribution is 7.89. The number of hydrogen-bond acceptors (Lipinski definition) is 7. The van der Waals surface area contributed by atoms with Crippen molar-refractivity contribution < 1.29 is 27.5 Å². The largest absolute Gasteiger partial charge is 0.464 e. The Labute approximate surface area is 248 Å². The van der Waals surface area contributed by atoms with E-state index in [1.54, 1.807) is 31.1 Å². The van der Waals surface area contributed by atoms with Gasteiger partial charge in [-0.2, -0.15) is 4.31 Å². The number of furan rings is 1. The Kier molecular flexibility index (Phi) is 11.7. The van der Waals surface area contributed by atoms with Gasteiger partial charge in [-0.25, -0.2) is 13.4 Å². The normalized spacial score (nSPS) is 13.3. The number of nitrogens with zero attached hydrogens (tertiary/aromatic N) is 3. The minimum Gasteiger partial charge on any atom is -0.464 e. The zero-order chi connectivity index (χ0) is 30.9. The van der Waals surface area contributed by atoms with E-state index < -0.39 is 34.0 Å². The maximum absolute atomic E-state index is 13.9. The number of sulfonamides is 1. The maximum Gasteiger partial charge on any atom is 0.252 e. The molecule has 2 aromatic carbocycles. The molecule has 0 saturated heterocycles. The first kappa shape index (κ1) is 32.8. The van der Waals surface area contributed by atoms with Gasteiger partial charge in [-0.05, 0) is 56.3 Å². The van der Waals surface area contributed by atoms with E-state index in [4.69, 9.17) is 10.8 Å². The fraction of sp³-hybridized carbons (Fsp3) is 0.419. The van der Waals surface area contributed by atoms with Gasteiger partial charge < -0.3 is 14.4 Å². The number of nitrogens with one attached hydrogen (secondary N) is 1. The summed E-state index contributed by atoms with van der Waals surface area (Å²) in [5.41, 5.74) is 4.01. The Balaban J connectivity index is 2.01. The van der Waals surface area contributed by atoms with Crippen LogP contribution in [-0.2, 0) is 26.0 Å². The third-order valence-electron chi connectivity index (χ3n) is 6.54. The van der Waals surface area contributed by atoms with Crippen molar-refractivity contribution in [3.8, 4) is 12.3 Å². The lowest BCUT2D eigenvalue weighted by Crippen LogP contribution is -2.60. The average molecular weight is 597 g/mol. The molecule has 1 heterocycles. The Bertz CT molecular complexity index is 1480. The van der Waals surface area contributed by atoms with Crippen molar-refractivity contribution in [2.45, 2.75) is 50.2 Å². The summed E-state index contributed by atoms with van der Waals surface area (Å²) < 4.78 is 34.4. The third-order valence-corrected chi connectivity index (χ3v) is 8.37. The lowest BCUT2D eigenvalue weighted by Gasteiger charge is -2.37. The lowest BCUT2D eigenvalue weighted by atomic mass is 9.99. The molecule has 0 spiro atoms. The number of fused-ring (bicyclic) bond motifs is 1. The van der Waals surface area contributed by atoms with Gasteiger partial charge in [-0.1, -0.05) is 44.2 Å². The van der Waals surface area contributed by atoms with Crippen LogP contribution in [0.1, 0.15) is 32.3 Å². The van der Waals surface area contributed by atoms with Crippen molar-refractivity contribution in [3.63, 3.8) is 0 Å². The summed E-state index contributed by atoms with van der Waals surface area (Å²) in [4.78, 5) is 27.9. The summed E-state index contributed by atoms with van der Waals surface area (Å²) in [6.07, 6.45) is 5.75. The standard InChI is InChI=1S/C31H40N4O6S/c1-6-7-13-31(38)35(32-30(37)22-33(4)5)27(18-24-11-9-8-10-12-24)28(36)21-34(20-23(2)3)42(39,40)26-14-15-29-25(19-26)16-17-41-29/h1,8-12,14-17,19,23,27-28,36H,7,13,18,20-22H2,2-5H3,(H,32,37)/t27?,28-/m1/s1. The van der Waals surface area contributed by atoms with Crippen molar-refractivity contribution in [1.82, 2.24) is 19.6 Å². The van der Waals surface area contributed by atoms with Crippen LogP contribution in [0.15, 0.2) is 70.2 Å². The fourth-order valence-electron chi connectivity index (χ4n) is 4.60. The van der Waals surface area contributed by atoms with Crippen LogP contribution in [0.5, 0.6) is 0 Å². The molecule has 1 aromatic heterocycles. The Morgan fingerprint density at radius 2 is 1.79 bits per heavy atom. The first-order valence-electron chi connectivity index (χ1n) is 13.8. The molecule has 2 N–H and O–H groups in total. The highest BCUT2D eigenvalue weighted by Gasteiger charge is 2.36. The van der Waals surface area contributed by atoms with E-state index in [1.807, 2.05) is 44.2 Å². The van der Waals surface area contributed by atoms with E-state index in [1.165, 1.54) is 22.7 Å². The number of aliphatic hydroxyl groups excluding tert-OH is 1. The van der Waals surface area contributed by atoms with Gasteiger partial charge in [0.25, 0.3) is 5.91 Å². The molecule has 0 radical (unpaired) electrons. The zero-order valence-electron chi connectivity index (χ0n) is 24.6. The Hall–Kier alpha value is -3.69. The highest BCUT2D eigenvalue weighted by atomic mass is 32.2. The molecule has 0 bridgehead atoms. The van der Waals surface area contributed by atoms with Gasteiger partial charge in [0.2, 0.25) is 15.9 Å². The molecule has 3 aromatic rings. The molecule has 0 fully saturated rings. The summed E-state index contributed by atoms with van der Waals surface area (Å²) in [6.45, 7) is 3.57. The van der Waals surface area contributed by atoms with Gasteiger partial charge in [0.15, 0.2) is 0 Å². The van der Waals surface area contributed by atoms with Crippen LogP contribution in [0.25, 0.3) is 11.0 Å². The predicted molar refractivity (Wildman–Crippen MR) is 161 cm³/mol. The SMILES string of the molecule is C#CCCC(=O)N(NC(=O)CN(C)C)C(Cc1ccccc1)[C@H](O)CN(CC(C)C)S(=O)(=O)c1ccc2occc2c1. The van der Waals surface area contributed by atoms with E-state index in [9.17, 15) is 23.1 Å². The van der Waals surface area contributed by atoms with E-state index in [2.05, 4.69) is 11.3 Å². The quantitative estimate of drug-likeness (QED) is 0.217. The van der Waals surface area contributed by atoms with Crippen molar-refractivity contribution >= 4 is 32.8 Å². The molecule has 2 atom stereocenters. The summed E-state index contributed by atoms with van der Waals surface area (Å²) in [7, 11) is -0.622. The topological polar surface area (TPSA) is 123 Å². The van der Waals surface area contributed by atoms with E-state index in [-0.39, 0.29) is 49.7 Å². The summed E-state index contributed by atoms with van der Waals surface area (Å²) >= 11 is 0. The van der Waals surface area contributed by atoms with Crippen LogP contribution in [0, 0.1) is 18.3 Å². The summed E-state index contributed by atoms with van der Waals surface area (Å²) in [5, 5.41) is 13.5. The van der Waals surface area contributed by atoms with Crippen LogP contribution in [0.2, 0.25) is 0 Å². The number of hydrogen-bond donors (Lipinski definition) is 2. The molecular formula is C31H40N4O6S. The van der Waals surface area contributed by atoms with Crippen molar-refractivity contribution in [2.75, 3.05) is 33.7 Å². The number of carbonyl (C=O) groups excluding carboxylic acids is 2. The number of carbonyl (C=O) groups is 2. The van der Waals surface area contributed by atoms with Crippen LogP contribution >= 0.6 is 0 Å². The van der Waals surface area contributed by atoms with Gasteiger partial charge in [-0.15, -0.1) is 12.3 Å². The summed E-state index contributed by atoms with van der Waals surface area (Å²) in [5.74, 6) is 1.43. The van der Waals surface area contributed by atoms with Gasteiger partial charge >= 0.3 is 0 Å². The van der Waals surface area contributed by atoms with Crippen LogP contribution in [0.4, 0.5) is 0 Å². The van der Waals surface area contributed by atoms with Gasteiger partial charge in [0.1, 0.15) is 5.58 Å².